The summed E-state index contributed by atoms with van der Waals surface area (Å²) in [5, 5.41) is 10.5. The molecule has 3 aromatic rings. The quantitative estimate of drug-likeness (QED) is 0.384. The van der Waals surface area contributed by atoms with Crippen LogP contribution < -0.4 is 0 Å². The number of halogens is 1. The fourth-order valence-electron chi connectivity index (χ4n) is 2.81. The summed E-state index contributed by atoms with van der Waals surface area (Å²) in [5.41, 5.74) is 3.49. The first-order chi connectivity index (χ1) is 13.6. The number of allylic oxidation sites excluding steroid dienone is 1. The lowest BCUT2D eigenvalue weighted by Crippen LogP contribution is -2.22. The number of benzene rings is 1. The molecule has 1 aromatic carbocycles. The van der Waals surface area contributed by atoms with Gasteiger partial charge in [-0.3, -0.25) is 14.5 Å². The number of hydrogen-bond acceptors (Lipinski definition) is 5. The molecule has 0 N–H and O–H groups in total. The second-order valence-electron chi connectivity index (χ2n) is 6.67. The predicted octanol–water partition coefficient (Wildman–Crippen LogP) is 5.01. The molecular formula is C21H24ClN5S. The van der Waals surface area contributed by atoms with Crippen molar-refractivity contribution in [2.75, 3.05) is 13.6 Å². The Hall–Kier alpha value is -2.15. The van der Waals surface area contributed by atoms with Gasteiger partial charge in [-0.05, 0) is 56.8 Å². The molecule has 0 bridgehead atoms. The molecule has 0 saturated carbocycles. The van der Waals surface area contributed by atoms with Gasteiger partial charge in [0.05, 0.1) is 12.2 Å². The zero-order valence-corrected chi connectivity index (χ0v) is 17.9. The first-order valence-electron chi connectivity index (χ1n) is 9.09. The van der Waals surface area contributed by atoms with Crippen LogP contribution in [0.25, 0.3) is 5.69 Å². The SMILES string of the molecule is C/C=C(\C)CN(C)Cc1nnc(SCc2ccncc2)n1-c1cccc(Cl)c1. The third kappa shape index (κ3) is 5.44. The number of aromatic nitrogens is 4. The van der Waals surface area contributed by atoms with Gasteiger partial charge in [-0.2, -0.15) is 0 Å². The van der Waals surface area contributed by atoms with Crippen LogP contribution in [0.3, 0.4) is 0 Å². The Morgan fingerprint density at radius 2 is 2.00 bits per heavy atom. The van der Waals surface area contributed by atoms with Gasteiger partial charge in [0.2, 0.25) is 0 Å². The maximum atomic E-state index is 6.25. The summed E-state index contributed by atoms with van der Waals surface area (Å²) in [7, 11) is 2.09. The zero-order valence-electron chi connectivity index (χ0n) is 16.3. The highest BCUT2D eigenvalue weighted by Crippen LogP contribution is 2.27. The molecule has 0 radical (unpaired) electrons. The highest BCUT2D eigenvalue weighted by molar-refractivity contribution is 7.98. The molecule has 0 atom stereocenters. The molecule has 0 aliphatic heterocycles. The highest BCUT2D eigenvalue weighted by Gasteiger charge is 2.16. The van der Waals surface area contributed by atoms with Crippen LogP contribution in [0, 0.1) is 0 Å². The van der Waals surface area contributed by atoms with Crippen molar-refractivity contribution in [1.82, 2.24) is 24.6 Å². The van der Waals surface area contributed by atoms with Crippen LogP contribution in [0.1, 0.15) is 25.2 Å². The number of likely N-dealkylation sites (N-methyl/N-ethyl adjacent to an activating group) is 1. The van der Waals surface area contributed by atoms with Gasteiger partial charge >= 0.3 is 0 Å². The van der Waals surface area contributed by atoms with Crippen LogP contribution in [-0.4, -0.2) is 38.2 Å². The van der Waals surface area contributed by atoms with Crippen LogP contribution in [0.2, 0.25) is 5.02 Å². The molecule has 5 nitrogen and oxygen atoms in total. The van der Waals surface area contributed by atoms with Crippen LogP contribution in [0.15, 0.2) is 65.6 Å². The van der Waals surface area contributed by atoms with E-state index in [9.17, 15) is 0 Å². The van der Waals surface area contributed by atoms with Crippen molar-refractivity contribution in [3.05, 3.63) is 76.9 Å². The highest BCUT2D eigenvalue weighted by atomic mass is 35.5. The normalized spacial score (nSPS) is 12.0. The molecular weight excluding hydrogens is 390 g/mol. The maximum Gasteiger partial charge on any atom is 0.196 e. The van der Waals surface area contributed by atoms with Gasteiger partial charge < -0.3 is 0 Å². The average Bonchev–Trinajstić information content (AvgIpc) is 3.09. The first kappa shape index (κ1) is 20.6. The van der Waals surface area contributed by atoms with Gasteiger partial charge in [0.1, 0.15) is 0 Å². The lowest BCUT2D eigenvalue weighted by molar-refractivity contribution is 0.342. The van der Waals surface area contributed by atoms with E-state index in [0.29, 0.717) is 11.6 Å². The van der Waals surface area contributed by atoms with Crippen molar-refractivity contribution >= 4 is 23.4 Å². The standard InChI is InChI=1S/C21H24ClN5S/c1-4-16(2)13-26(3)14-20-24-25-21(28-15-17-8-10-23-11-9-17)27(20)19-7-5-6-18(22)12-19/h4-12H,13-15H2,1-3H3/b16-4+. The van der Waals surface area contributed by atoms with E-state index in [-0.39, 0.29) is 0 Å². The van der Waals surface area contributed by atoms with E-state index in [0.717, 1.165) is 29.0 Å². The van der Waals surface area contributed by atoms with Crippen molar-refractivity contribution in [1.29, 1.82) is 0 Å². The third-order valence-electron chi connectivity index (χ3n) is 4.31. The van der Waals surface area contributed by atoms with Crippen molar-refractivity contribution in [2.45, 2.75) is 31.3 Å². The molecule has 0 unspecified atom stereocenters. The molecule has 146 valence electrons. The van der Waals surface area contributed by atoms with Crippen molar-refractivity contribution in [3.8, 4) is 5.69 Å². The minimum absolute atomic E-state index is 0.695. The number of thioether (sulfide) groups is 1. The van der Waals surface area contributed by atoms with Crippen molar-refractivity contribution < 1.29 is 0 Å². The van der Waals surface area contributed by atoms with E-state index in [1.807, 2.05) is 48.8 Å². The molecule has 0 aliphatic carbocycles. The van der Waals surface area contributed by atoms with Crippen molar-refractivity contribution in [3.63, 3.8) is 0 Å². The topological polar surface area (TPSA) is 46.8 Å². The summed E-state index contributed by atoms with van der Waals surface area (Å²) >= 11 is 7.90. The average molecular weight is 414 g/mol. The first-order valence-corrected chi connectivity index (χ1v) is 10.5. The number of rotatable bonds is 8. The van der Waals surface area contributed by atoms with E-state index < -0.39 is 0 Å². The van der Waals surface area contributed by atoms with E-state index in [2.05, 4.69) is 51.6 Å². The molecule has 0 saturated heterocycles. The monoisotopic (exact) mass is 413 g/mol. The van der Waals surface area contributed by atoms with Gasteiger partial charge in [0.15, 0.2) is 11.0 Å². The summed E-state index contributed by atoms with van der Waals surface area (Å²) in [6, 6.07) is 11.8. The van der Waals surface area contributed by atoms with Crippen LogP contribution in [0.4, 0.5) is 0 Å². The summed E-state index contributed by atoms with van der Waals surface area (Å²) in [5.74, 6) is 1.69. The fourth-order valence-corrected chi connectivity index (χ4v) is 3.92. The predicted molar refractivity (Wildman–Crippen MR) is 116 cm³/mol. The second-order valence-corrected chi connectivity index (χ2v) is 8.04. The summed E-state index contributed by atoms with van der Waals surface area (Å²) in [4.78, 5) is 6.31. The molecule has 0 aliphatic rings. The van der Waals surface area contributed by atoms with E-state index in [1.165, 1.54) is 11.1 Å². The second kappa shape index (κ2) is 9.87. The minimum Gasteiger partial charge on any atom is -0.295 e. The molecule has 2 aromatic heterocycles. The Kier molecular flexibility index (Phi) is 7.25. The Balaban J connectivity index is 1.88. The number of pyridine rings is 1. The zero-order chi connectivity index (χ0) is 19.9. The minimum atomic E-state index is 0.695. The van der Waals surface area contributed by atoms with Gasteiger partial charge in [-0.25, -0.2) is 0 Å². The molecule has 0 fully saturated rings. The van der Waals surface area contributed by atoms with Crippen LogP contribution in [-0.2, 0) is 12.3 Å². The molecule has 28 heavy (non-hydrogen) atoms. The fraction of sp³-hybridized carbons (Fsp3) is 0.286. The third-order valence-corrected chi connectivity index (χ3v) is 5.54. The Bertz CT molecular complexity index is 939. The largest absolute Gasteiger partial charge is 0.295 e. The van der Waals surface area contributed by atoms with E-state index >= 15 is 0 Å². The maximum absolute atomic E-state index is 6.25. The lowest BCUT2D eigenvalue weighted by atomic mass is 10.2. The molecule has 2 heterocycles. The molecule has 3 rings (SSSR count). The van der Waals surface area contributed by atoms with Crippen LogP contribution >= 0.6 is 23.4 Å². The van der Waals surface area contributed by atoms with Gasteiger partial charge in [-0.15, -0.1) is 10.2 Å². The summed E-state index contributed by atoms with van der Waals surface area (Å²) in [6.07, 6.45) is 5.75. The Morgan fingerprint density at radius 1 is 1.21 bits per heavy atom. The van der Waals surface area contributed by atoms with E-state index in [4.69, 9.17) is 11.6 Å². The number of hydrogen-bond donors (Lipinski definition) is 0. The number of nitrogens with zero attached hydrogens (tertiary/aromatic N) is 5. The smallest absolute Gasteiger partial charge is 0.196 e. The van der Waals surface area contributed by atoms with Crippen LogP contribution in [0.5, 0.6) is 0 Å². The van der Waals surface area contributed by atoms with Crippen molar-refractivity contribution in [2.24, 2.45) is 0 Å². The Labute approximate surface area is 175 Å². The Morgan fingerprint density at radius 3 is 2.71 bits per heavy atom. The molecule has 0 amide bonds. The van der Waals surface area contributed by atoms with E-state index in [1.54, 1.807) is 11.8 Å². The lowest BCUT2D eigenvalue weighted by Gasteiger charge is -2.18. The summed E-state index contributed by atoms with van der Waals surface area (Å²) in [6.45, 7) is 5.78. The summed E-state index contributed by atoms with van der Waals surface area (Å²) < 4.78 is 2.10. The van der Waals surface area contributed by atoms with Gasteiger partial charge in [-0.1, -0.05) is 41.1 Å². The van der Waals surface area contributed by atoms with Gasteiger partial charge in [0.25, 0.3) is 0 Å². The van der Waals surface area contributed by atoms with Gasteiger partial charge in [0, 0.05) is 29.7 Å². The molecule has 7 heteroatoms. The molecule has 0 spiro atoms.